The van der Waals surface area contributed by atoms with E-state index in [0.717, 1.165) is 40.3 Å². The highest BCUT2D eigenvalue weighted by Gasteiger charge is 2.37. The van der Waals surface area contributed by atoms with Gasteiger partial charge < -0.3 is 5.32 Å². The van der Waals surface area contributed by atoms with Gasteiger partial charge in [0, 0.05) is 28.5 Å². The largest absolute Gasteiger partial charge is 0.328 e. The molecule has 0 amide bonds. The molecule has 1 atom stereocenters. The number of benzene rings is 2. The molecule has 7 heteroatoms. The summed E-state index contributed by atoms with van der Waals surface area (Å²) < 4.78 is 1.88. The van der Waals surface area contributed by atoms with Crippen LogP contribution >= 0.6 is 23.4 Å². The van der Waals surface area contributed by atoms with E-state index in [2.05, 4.69) is 50.4 Å². The predicted octanol–water partition coefficient (Wildman–Crippen LogP) is 6.54. The number of ketones is 1. The monoisotopic (exact) mass is 478 g/mol. The third-order valence-corrected chi connectivity index (χ3v) is 7.51. The van der Waals surface area contributed by atoms with Crippen molar-refractivity contribution in [3.63, 3.8) is 0 Å². The van der Waals surface area contributed by atoms with Crippen LogP contribution in [0.1, 0.15) is 62.8 Å². The summed E-state index contributed by atoms with van der Waals surface area (Å²) in [4.78, 5) is 17.8. The van der Waals surface area contributed by atoms with Gasteiger partial charge in [-0.25, -0.2) is 4.68 Å². The first kappa shape index (κ1) is 22.2. The topological polar surface area (TPSA) is 59.8 Å². The second-order valence-electron chi connectivity index (χ2n) is 9.61. The SMILES string of the molecule is CC(C)(C)c1ccc(C2C3=C(CCCC3=O)Nc3nc(SCc4ccccc4Cl)nn32)cc1. The van der Waals surface area contributed by atoms with E-state index >= 15 is 0 Å². The highest BCUT2D eigenvalue weighted by atomic mass is 35.5. The van der Waals surface area contributed by atoms with Gasteiger partial charge in [-0.2, -0.15) is 4.98 Å². The molecular weight excluding hydrogens is 452 g/mol. The van der Waals surface area contributed by atoms with Crippen molar-refractivity contribution < 1.29 is 4.79 Å². The van der Waals surface area contributed by atoms with Gasteiger partial charge >= 0.3 is 0 Å². The smallest absolute Gasteiger partial charge is 0.227 e. The van der Waals surface area contributed by atoms with E-state index in [-0.39, 0.29) is 17.2 Å². The van der Waals surface area contributed by atoms with Gasteiger partial charge in [0.05, 0.1) is 0 Å². The van der Waals surface area contributed by atoms with Crippen LogP contribution < -0.4 is 5.32 Å². The third-order valence-electron chi connectivity index (χ3n) is 6.26. The van der Waals surface area contributed by atoms with Gasteiger partial charge in [0.1, 0.15) is 6.04 Å². The minimum Gasteiger partial charge on any atom is -0.328 e. The molecule has 0 bridgehead atoms. The lowest BCUT2D eigenvalue weighted by Crippen LogP contribution is -2.31. The van der Waals surface area contributed by atoms with Crippen LogP contribution in [0.3, 0.4) is 0 Å². The number of thioether (sulfide) groups is 1. The molecule has 5 rings (SSSR count). The number of hydrogen-bond donors (Lipinski definition) is 1. The fourth-order valence-electron chi connectivity index (χ4n) is 4.43. The molecule has 5 nitrogen and oxygen atoms in total. The number of Topliss-reactive ketones (excluding diaryl/α,β-unsaturated/α-hetero) is 1. The standard InChI is InChI=1S/C26H27ClN4OS/c1-26(2,3)18-13-11-16(12-14-18)23-22-20(9-6-10-21(22)32)28-24-29-25(30-31(23)24)33-15-17-7-4-5-8-19(17)27/h4-5,7-8,11-14,23H,6,9-10,15H2,1-3H3,(H,28,29,30). The number of allylic oxidation sites excluding steroid dienone is 2. The molecule has 0 saturated heterocycles. The molecule has 1 N–H and O–H groups in total. The van der Waals surface area contributed by atoms with E-state index in [1.54, 1.807) is 11.8 Å². The number of carbonyl (C=O) groups is 1. The van der Waals surface area contributed by atoms with Crippen LogP contribution in [0, 0.1) is 0 Å². The van der Waals surface area contributed by atoms with Crippen LogP contribution in [0.25, 0.3) is 0 Å². The normalized spacial score (nSPS) is 18.1. The zero-order valence-electron chi connectivity index (χ0n) is 19.1. The molecule has 2 aliphatic rings. The summed E-state index contributed by atoms with van der Waals surface area (Å²) in [6.45, 7) is 6.61. The Morgan fingerprint density at radius 2 is 1.88 bits per heavy atom. The van der Waals surface area contributed by atoms with E-state index in [9.17, 15) is 4.79 Å². The second-order valence-corrected chi connectivity index (χ2v) is 11.0. The maximum absolute atomic E-state index is 13.0. The second kappa shape index (κ2) is 8.65. The molecule has 0 spiro atoms. The number of fused-ring (bicyclic) bond motifs is 1. The molecule has 1 aliphatic heterocycles. The predicted molar refractivity (Wildman–Crippen MR) is 134 cm³/mol. The Bertz CT molecular complexity index is 1240. The van der Waals surface area contributed by atoms with E-state index in [1.165, 1.54) is 5.56 Å². The minimum atomic E-state index is -0.264. The summed E-state index contributed by atoms with van der Waals surface area (Å²) in [6.07, 6.45) is 2.30. The van der Waals surface area contributed by atoms with Gasteiger partial charge in [-0.05, 0) is 41.0 Å². The molecule has 2 heterocycles. The van der Waals surface area contributed by atoms with E-state index < -0.39 is 0 Å². The lowest BCUT2D eigenvalue weighted by atomic mass is 9.83. The summed E-state index contributed by atoms with van der Waals surface area (Å²) in [7, 11) is 0. The number of anilines is 1. The quantitative estimate of drug-likeness (QED) is 0.431. The van der Waals surface area contributed by atoms with Crippen LogP contribution in [-0.2, 0) is 16.0 Å². The van der Waals surface area contributed by atoms with Crippen LogP contribution in [0.4, 0.5) is 5.95 Å². The fourth-order valence-corrected chi connectivity index (χ4v) is 5.54. The molecule has 0 fully saturated rings. The number of nitrogens with one attached hydrogen (secondary N) is 1. The van der Waals surface area contributed by atoms with Crippen molar-refractivity contribution in [2.24, 2.45) is 0 Å². The van der Waals surface area contributed by atoms with E-state index in [4.69, 9.17) is 21.7 Å². The number of nitrogens with zero attached hydrogens (tertiary/aromatic N) is 3. The van der Waals surface area contributed by atoms with Crippen molar-refractivity contribution in [1.82, 2.24) is 14.8 Å². The van der Waals surface area contributed by atoms with Crippen molar-refractivity contribution in [3.05, 3.63) is 81.5 Å². The Hall–Kier alpha value is -2.57. The van der Waals surface area contributed by atoms with Crippen LogP contribution in [0.15, 0.2) is 65.0 Å². The first-order valence-corrected chi connectivity index (χ1v) is 12.6. The van der Waals surface area contributed by atoms with Gasteiger partial charge in [-0.1, -0.05) is 86.6 Å². The minimum absolute atomic E-state index is 0.0681. The average molecular weight is 479 g/mol. The molecule has 0 radical (unpaired) electrons. The Morgan fingerprint density at radius 3 is 2.61 bits per heavy atom. The first-order valence-electron chi connectivity index (χ1n) is 11.3. The summed E-state index contributed by atoms with van der Waals surface area (Å²) in [6, 6.07) is 16.1. The van der Waals surface area contributed by atoms with E-state index in [1.807, 2.05) is 28.9 Å². The number of hydrogen-bond acceptors (Lipinski definition) is 5. The Morgan fingerprint density at radius 1 is 1.12 bits per heavy atom. The van der Waals surface area contributed by atoms with Crippen LogP contribution in [0.5, 0.6) is 0 Å². The summed E-state index contributed by atoms with van der Waals surface area (Å²) in [5, 5.41) is 9.64. The molecular formula is C26H27ClN4OS. The third kappa shape index (κ3) is 4.34. The average Bonchev–Trinajstić information content (AvgIpc) is 3.19. The summed E-state index contributed by atoms with van der Waals surface area (Å²) in [5.41, 5.74) is 5.24. The Labute approximate surface area is 203 Å². The van der Waals surface area contributed by atoms with Crippen molar-refractivity contribution >= 4 is 35.1 Å². The van der Waals surface area contributed by atoms with Crippen molar-refractivity contribution in [1.29, 1.82) is 0 Å². The first-order chi connectivity index (χ1) is 15.8. The lowest BCUT2D eigenvalue weighted by molar-refractivity contribution is -0.116. The fraction of sp³-hybridized carbons (Fsp3) is 0.346. The molecule has 1 aromatic heterocycles. The summed E-state index contributed by atoms with van der Waals surface area (Å²) in [5.74, 6) is 1.57. The molecule has 1 unspecified atom stereocenters. The Balaban J connectivity index is 1.51. The Kier molecular flexibility index (Phi) is 5.83. The zero-order chi connectivity index (χ0) is 23.2. The number of halogens is 1. The van der Waals surface area contributed by atoms with E-state index in [0.29, 0.717) is 23.3 Å². The number of carbonyl (C=O) groups excluding carboxylic acids is 1. The highest BCUT2D eigenvalue weighted by molar-refractivity contribution is 7.98. The lowest BCUT2D eigenvalue weighted by Gasteiger charge is -2.32. The van der Waals surface area contributed by atoms with Crippen molar-refractivity contribution in [3.8, 4) is 0 Å². The molecule has 1 aliphatic carbocycles. The number of rotatable bonds is 4. The molecule has 0 saturated carbocycles. The number of aromatic nitrogens is 3. The van der Waals surface area contributed by atoms with Gasteiger partial charge in [-0.15, -0.1) is 5.10 Å². The molecule has 170 valence electrons. The molecule has 33 heavy (non-hydrogen) atoms. The highest BCUT2D eigenvalue weighted by Crippen LogP contribution is 2.41. The van der Waals surface area contributed by atoms with Crippen molar-refractivity contribution in [2.45, 2.75) is 62.4 Å². The maximum atomic E-state index is 13.0. The molecule has 2 aromatic carbocycles. The van der Waals surface area contributed by atoms with Crippen LogP contribution in [0.2, 0.25) is 5.02 Å². The van der Waals surface area contributed by atoms with Gasteiger partial charge in [0.15, 0.2) is 5.78 Å². The van der Waals surface area contributed by atoms with Gasteiger partial charge in [-0.3, -0.25) is 4.79 Å². The summed E-state index contributed by atoms with van der Waals surface area (Å²) >= 11 is 7.87. The maximum Gasteiger partial charge on any atom is 0.227 e. The van der Waals surface area contributed by atoms with Crippen molar-refractivity contribution in [2.75, 3.05) is 5.32 Å². The van der Waals surface area contributed by atoms with Crippen LogP contribution in [-0.4, -0.2) is 20.5 Å². The van der Waals surface area contributed by atoms with Gasteiger partial charge in [0.2, 0.25) is 11.1 Å². The van der Waals surface area contributed by atoms with Gasteiger partial charge in [0.25, 0.3) is 0 Å². The molecule has 3 aromatic rings. The zero-order valence-corrected chi connectivity index (χ0v) is 20.6.